The number of carbonyl (C=O) groups excluding carboxylic acids is 1. The molecule has 1 unspecified atom stereocenters. The number of nitrogens with zero attached hydrogens (tertiary/aromatic N) is 2. The molecule has 0 saturated heterocycles. The number of hydrogen-bond acceptors (Lipinski definition) is 3. The van der Waals surface area contributed by atoms with E-state index in [0.29, 0.717) is 12.1 Å². The van der Waals surface area contributed by atoms with Crippen LogP contribution in [0.2, 0.25) is 0 Å². The van der Waals surface area contributed by atoms with Crippen molar-refractivity contribution in [1.29, 1.82) is 0 Å². The van der Waals surface area contributed by atoms with Gasteiger partial charge < -0.3 is 9.88 Å². The van der Waals surface area contributed by atoms with E-state index < -0.39 is 4.92 Å². The lowest BCUT2D eigenvalue weighted by molar-refractivity contribution is -0.384. The third kappa shape index (κ3) is 2.99. The molecule has 1 saturated carbocycles. The number of rotatable bonds is 6. The minimum Gasteiger partial charge on any atom is -0.337 e. The van der Waals surface area contributed by atoms with E-state index in [-0.39, 0.29) is 23.7 Å². The van der Waals surface area contributed by atoms with E-state index >= 15 is 0 Å². The maximum atomic E-state index is 12.2. The Morgan fingerprint density at radius 3 is 2.90 bits per heavy atom. The first-order valence-electron chi connectivity index (χ1n) is 6.70. The van der Waals surface area contributed by atoms with Crippen molar-refractivity contribution in [2.24, 2.45) is 0 Å². The molecule has 0 bridgehead atoms. The number of amides is 1. The second-order valence-electron chi connectivity index (χ2n) is 4.96. The highest BCUT2D eigenvalue weighted by Gasteiger charge is 2.30. The maximum Gasteiger partial charge on any atom is 0.287 e. The van der Waals surface area contributed by atoms with E-state index in [9.17, 15) is 14.9 Å². The average Bonchev–Trinajstić information content (AvgIpc) is 3.16. The van der Waals surface area contributed by atoms with Crippen LogP contribution in [-0.4, -0.2) is 21.4 Å². The molecule has 1 amide bonds. The summed E-state index contributed by atoms with van der Waals surface area (Å²) in [5.41, 5.74) is 0.255. The predicted octanol–water partition coefficient (Wildman–Crippen LogP) is 2.26. The SMILES string of the molecule is C#CC(CCC)NC(=O)c1cc([N+](=O)[O-])cn1C1CC1. The van der Waals surface area contributed by atoms with Crippen molar-refractivity contribution in [3.05, 3.63) is 28.1 Å². The van der Waals surface area contributed by atoms with Gasteiger partial charge in [0, 0.05) is 12.1 Å². The van der Waals surface area contributed by atoms with Crippen molar-refractivity contribution >= 4 is 11.6 Å². The highest BCUT2D eigenvalue weighted by molar-refractivity contribution is 5.94. The summed E-state index contributed by atoms with van der Waals surface area (Å²) in [5.74, 6) is 2.18. The summed E-state index contributed by atoms with van der Waals surface area (Å²) < 4.78 is 1.69. The van der Waals surface area contributed by atoms with E-state index in [1.165, 1.54) is 12.3 Å². The Morgan fingerprint density at radius 2 is 2.40 bits per heavy atom. The van der Waals surface area contributed by atoms with Crippen LogP contribution in [0.1, 0.15) is 49.1 Å². The normalized spacial score (nSPS) is 15.4. The summed E-state index contributed by atoms with van der Waals surface area (Å²) >= 11 is 0. The Kier molecular flexibility index (Phi) is 4.08. The van der Waals surface area contributed by atoms with Crippen LogP contribution < -0.4 is 5.32 Å². The van der Waals surface area contributed by atoms with Crippen LogP contribution in [0.15, 0.2) is 12.3 Å². The molecule has 1 aromatic heterocycles. The van der Waals surface area contributed by atoms with Gasteiger partial charge >= 0.3 is 0 Å². The Labute approximate surface area is 117 Å². The molecule has 1 aliphatic carbocycles. The van der Waals surface area contributed by atoms with Gasteiger partial charge in [0.25, 0.3) is 11.6 Å². The number of aromatic nitrogens is 1. The van der Waals surface area contributed by atoms with Gasteiger partial charge in [-0.2, -0.15) is 0 Å². The lowest BCUT2D eigenvalue weighted by Gasteiger charge is -2.13. The molecule has 2 rings (SSSR count). The van der Waals surface area contributed by atoms with E-state index in [2.05, 4.69) is 11.2 Å². The second-order valence-corrected chi connectivity index (χ2v) is 4.96. The van der Waals surface area contributed by atoms with Crippen LogP contribution >= 0.6 is 0 Å². The van der Waals surface area contributed by atoms with Gasteiger partial charge in [0.2, 0.25) is 0 Å². The minimum absolute atomic E-state index is 0.0604. The molecule has 6 heteroatoms. The lowest BCUT2D eigenvalue weighted by atomic mass is 10.2. The van der Waals surface area contributed by atoms with Gasteiger partial charge in [-0.3, -0.25) is 14.9 Å². The number of carbonyl (C=O) groups is 1. The molecule has 1 aliphatic rings. The molecule has 0 aromatic carbocycles. The Morgan fingerprint density at radius 1 is 1.70 bits per heavy atom. The zero-order chi connectivity index (χ0) is 14.7. The molecule has 6 nitrogen and oxygen atoms in total. The largest absolute Gasteiger partial charge is 0.337 e. The van der Waals surface area contributed by atoms with Crippen LogP contribution in [-0.2, 0) is 0 Å². The van der Waals surface area contributed by atoms with Gasteiger partial charge in [0.05, 0.1) is 17.2 Å². The van der Waals surface area contributed by atoms with Gasteiger partial charge in [0.15, 0.2) is 0 Å². The van der Waals surface area contributed by atoms with E-state index in [4.69, 9.17) is 6.42 Å². The number of nitrogens with one attached hydrogen (secondary N) is 1. The molecule has 1 atom stereocenters. The molecule has 0 radical (unpaired) electrons. The molecule has 1 aromatic rings. The fourth-order valence-electron chi connectivity index (χ4n) is 2.12. The van der Waals surface area contributed by atoms with Crippen molar-refractivity contribution in [1.82, 2.24) is 9.88 Å². The van der Waals surface area contributed by atoms with E-state index in [0.717, 1.165) is 19.3 Å². The van der Waals surface area contributed by atoms with Gasteiger partial charge in [-0.05, 0) is 19.3 Å². The van der Waals surface area contributed by atoms with Gasteiger partial charge in [0.1, 0.15) is 5.69 Å². The Hall–Kier alpha value is -2.29. The van der Waals surface area contributed by atoms with E-state index in [1.54, 1.807) is 4.57 Å². The lowest BCUT2D eigenvalue weighted by Crippen LogP contribution is -2.34. The number of hydrogen-bond donors (Lipinski definition) is 1. The highest BCUT2D eigenvalue weighted by atomic mass is 16.6. The molecule has 1 fully saturated rings. The minimum atomic E-state index is -0.486. The summed E-state index contributed by atoms with van der Waals surface area (Å²) in [6, 6.07) is 1.17. The quantitative estimate of drug-likeness (QED) is 0.491. The molecular weight excluding hydrogens is 258 g/mol. The van der Waals surface area contributed by atoms with Crippen molar-refractivity contribution in [2.75, 3.05) is 0 Å². The fourth-order valence-corrected chi connectivity index (χ4v) is 2.12. The van der Waals surface area contributed by atoms with E-state index in [1.807, 2.05) is 6.92 Å². The van der Waals surface area contributed by atoms with Gasteiger partial charge in [-0.15, -0.1) is 6.42 Å². The zero-order valence-corrected chi connectivity index (χ0v) is 11.3. The highest BCUT2D eigenvalue weighted by Crippen LogP contribution is 2.37. The number of terminal acetylenes is 1. The first kappa shape index (κ1) is 14.1. The molecule has 1 N–H and O–H groups in total. The first-order valence-corrected chi connectivity index (χ1v) is 6.70. The molecule has 0 spiro atoms. The van der Waals surface area contributed by atoms with Gasteiger partial charge in [-0.25, -0.2) is 0 Å². The van der Waals surface area contributed by atoms with Crippen LogP contribution in [0.5, 0.6) is 0 Å². The topological polar surface area (TPSA) is 77.2 Å². The van der Waals surface area contributed by atoms with Crippen molar-refractivity contribution in [3.63, 3.8) is 0 Å². The summed E-state index contributed by atoms with van der Waals surface area (Å²) in [5, 5.41) is 13.6. The monoisotopic (exact) mass is 275 g/mol. The third-order valence-electron chi connectivity index (χ3n) is 3.30. The Bertz CT molecular complexity index is 567. The molecule has 20 heavy (non-hydrogen) atoms. The third-order valence-corrected chi connectivity index (χ3v) is 3.30. The van der Waals surface area contributed by atoms with Crippen LogP contribution in [0.25, 0.3) is 0 Å². The summed E-state index contributed by atoms with van der Waals surface area (Å²) in [6.07, 6.45) is 10.2. The molecule has 1 heterocycles. The van der Waals surface area contributed by atoms with Crippen LogP contribution in [0.4, 0.5) is 5.69 Å². The Balaban J connectivity index is 2.20. The second kappa shape index (κ2) is 5.78. The first-order chi connectivity index (χ1) is 9.56. The smallest absolute Gasteiger partial charge is 0.287 e. The van der Waals surface area contributed by atoms with Gasteiger partial charge in [-0.1, -0.05) is 19.3 Å². The maximum absolute atomic E-state index is 12.2. The summed E-state index contributed by atoms with van der Waals surface area (Å²) in [7, 11) is 0. The predicted molar refractivity (Wildman–Crippen MR) is 74.4 cm³/mol. The molecule has 106 valence electrons. The van der Waals surface area contributed by atoms with Crippen molar-refractivity contribution in [2.45, 2.75) is 44.7 Å². The number of nitro groups is 1. The summed E-state index contributed by atoms with van der Waals surface area (Å²) in [4.78, 5) is 22.6. The molecule has 0 aliphatic heterocycles. The standard InChI is InChI=1S/C14H17N3O3/c1-3-5-10(4-2)15-14(18)13-8-12(17(19)20)9-16(13)11-6-7-11/h2,8-11H,3,5-7H2,1H3,(H,15,18). The van der Waals surface area contributed by atoms with Crippen molar-refractivity contribution < 1.29 is 9.72 Å². The van der Waals surface area contributed by atoms with Crippen LogP contribution in [0, 0.1) is 22.5 Å². The fraction of sp³-hybridized carbons (Fsp3) is 0.500. The van der Waals surface area contributed by atoms with Crippen LogP contribution in [0.3, 0.4) is 0 Å². The molecular formula is C14H17N3O3. The average molecular weight is 275 g/mol. The van der Waals surface area contributed by atoms with Crippen molar-refractivity contribution in [3.8, 4) is 12.3 Å². The summed E-state index contributed by atoms with van der Waals surface area (Å²) in [6.45, 7) is 1.98. The zero-order valence-electron chi connectivity index (χ0n) is 11.3.